The number of nitrogens with zero attached hydrogens (tertiary/aromatic N) is 3. The molecule has 0 radical (unpaired) electrons. The van der Waals surface area contributed by atoms with Crippen molar-refractivity contribution < 1.29 is 0 Å². The van der Waals surface area contributed by atoms with E-state index in [-0.39, 0.29) is 0 Å². The molecule has 96 valence electrons. The second-order valence-corrected chi connectivity index (χ2v) is 5.87. The second kappa shape index (κ2) is 5.20. The van der Waals surface area contributed by atoms with Crippen molar-refractivity contribution in [3.8, 4) is 10.7 Å². The molecule has 0 aliphatic heterocycles. The van der Waals surface area contributed by atoms with E-state index in [1.807, 2.05) is 18.7 Å². The molecule has 1 aliphatic rings. The van der Waals surface area contributed by atoms with Crippen LogP contribution in [0.1, 0.15) is 31.1 Å². The lowest BCUT2D eigenvalue weighted by atomic mass is 10.4. The molecule has 2 heterocycles. The van der Waals surface area contributed by atoms with Crippen LogP contribution in [0.3, 0.4) is 0 Å². The number of hydrogen-bond acceptors (Lipinski definition) is 4. The summed E-state index contributed by atoms with van der Waals surface area (Å²) in [6.45, 7) is 4.13. The molecular weight excluding hydrogens is 244 g/mol. The van der Waals surface area contributed by atoms with Gasteiger partial charge in [0.05, 0.1) is 18.2 Å². The van der Waals surface area contributed by atoms with E-state index in [9.17, 15) is 0 Å². The first-order valence-corrected chi connectivity index (χ1v) is 7.37. The number of thiazole rings is 1. The normalized spacial score (nSPS) is 15.2. The van der Waals surface area contributed by atoms with E-state index in [4.69, 9.17) is 0 Å². The highest BCUT2D eigenvalue weighted by atomic mass is 32.1. The average Bonchev–Trinajstić information content (AvgIpc) is 2.89. The van der Waals surface area contributed by atoms with Crippen LogP contribution in [0.25, 0.3) is 10.7 Å². The molecule has 1 aliphatic carbocycles. The van der Waals surface area contributed by atoms with Crippen molar-refractivity contribution in [3.63, 3.8) is 0 Å². The van der Waals surface area contributed by atoms with E-state index in [1.165, 1.54) is 17.7 Å². The van der Waals surface area contributed by atoms with Gasteiger partial charge >= 0.3 is 0 Å². The van der Waals surface area contributed by atoms with Gasteiger partial charge in [-0.1, -0.05) is 6.92 Å². The quantitative estimate of drug-likeness (QED) is 0.870. The molecule has 0 spiro atoms. The Morgan fingerprint density at radius 2 is 2.33 bits per heavy atom. The van der Waals surface area contributed by atoms with Gasteiger partial charge in [0.25, 0.3) is 0 Å². The highest BCUT2D eigenvalue weighted by molar-refractivity contribution is 7.15. The minimum atomic E-state index is 0.751. The molecule has 0 aromatic carbocycles. The Hall–Kier alpha value is -1.20. The molecule has 1 saturated carbocycles. The van der Waals surface area contributed by atoms with E-state index >= 15 is 0 Å². The maximum Gasteiger partial charge on any atom is 0.141 e. The Balaban J connectivity index is 1.72. The Kier molecular flexibility index (Phi) is 3.43. The molecule has 1 N–H and O–H groups in total. The third-order valence-electron chi connectivity index (χ3n) is 3.09. The van der Waals surface area contributed by atoms with Crippen molar-refractivity contribution >= 4 is 11.3 Å². The molecule has 5 heteroatoms. The smallest absolute Gasteiger partial charge is 0.141 e. The zero-order chi connectivity index (χ0) is 12.4. The number of rotatable bonds is 6. The Labute approximate surface area is 111 Å². The van der Waals surface area contributed by atoms with E-state index in [2.05, 4.69) is 26.8 Å². The fraction of sp³-hybridized carbons (Fsp3) is 0.538. The van der Waals surface area contributed by atoms with E-state index < -0.39 is 0 Å². The van der Waals surface area contributed by atoms with Gasteiger partial charge in [-0.3, -0.25) is 0 Å². The van der Waals surface area contributed by atoms with Gasteiger partial charge in [-0.25, -0.2) is 9.97 Å². The van der Waals surface area contributed by atoms with Crippen LogP contribution in [-0.4, -0.2) is 20.6 Å². The minimum Gasteiger partial charge on any atom is -0.329 e. The van der Waals surface area contributed by atoms with Gasteiger partial charge in [0.2, 0.25) is 0 Å². The predicted octanol–water partition coefficient (Wildman–Crippen LogP) is 2.67. The average molecular weight is 262 g/mol. The monoisotopic (exact) mass is 262 g/mol. The van der Waals surface area contributed by atoms with Crippen molar-refractivity contribution in [2.24, 2.45) is 0 Å². The standard InChI is InChI=1S/C13H18N4S/c1-2-5-17-9-14-8-12(17)13-16-7-11(18-13)6-15-10-3-4-10/h7-10,15H,2-6H2,1H3. The SMILES string of the molecule is CCCn1cncc1-c1ncc(CNC2CC2)s1. The van der Waals surface area contributed by atoms with Gasteiger partial charge < -0.3 is 9.88 Å². The van der Waals surface area contributed by atoms with Gasteiger partial charge in [-0.05, 0) is 19.3 Å². The largest absolute Gasteiger partial charge is 0.329 e. The summed E-state index contributed by atoms with van der Waals surface area (Å²) < 4.78 is 2.18. The van der Waals surface area contributed by atoms with Gasteiger partial charge in [0.1, 0.15) is 5.01 Å². The molecule has 1 fully saturated rings. The molecular formula is C13H18N4S. The van der Waals surface area contributed by atoms with Crippen LogP contribution in [0.2, 0.25) is 0 Å². The van der Waals surface area contributed by atoms with Crippen LogP contribution >= 0.6 is 11.3 Å². The van der Waals surface area contributed by atoms with Gasteiger partial charge in [0.15, 0.2) is 0 Å². The maximum atomic E-state index is 4.52. The summed E-state index contributed by atoms with van der Waals surface area (Å²) in [5, 5.41) is 4.60. The number of aryl methyl sites for hydroxylation is 1. The number of aromatic nitrogens is 3. The first-order chi connectivity index (χ1) is 8.86. The van der Waals surface area contributed by atoms with Crippen molar-refractivity contribution in [3.05, 3.63) is 23.6 Å². The van der Waals surface area contributed by atoms with Gasteiger partial charge in [-0.15, -0.1) is 11.3 Å². The summed E-state index contributed by atoms with van der Waals surface area (Å²) in [6, 6.07) is 0.751. The third-order valence-corrected chi connectivity index (χ3v) is 4.11. The molecule has 0 saturated heterocycles. The fourth-order valence-electron chi connectivity index (χ4n) is 1.96. The zero-order valence-electron chi connectivity index (χ0n) is 10.6. The summed E-state index contributed by atoms with van der Waals surface area (Å²) in [5.74, 6) is 0. The molecule has 2 aromatic heterocycles. The molecule has 0 unspecified atom stereocenters. The van der Waals surface area contributed by atoms with Crippen molar-refractivity contribution in [1.29, 1.82) is 0 Å². The highest BCUT2D eigenvalue weighted by Crippen LogP contribution is 2.26. The lowest BCUT2D eigenvalue weighted by Gasteiger charge is -2.02. The van der Waals surface area contributed by atoms with Crippen molar-refractivity contribution in [1.82, 2.24) is 19.9 Å². The molecule has 0 bridgehead atoms. The van der Waals surface area contributed by atoms with Crippen molar-refractivity contribution in [2.75, 3.05) is 0 Å². The van der Waals surface area contributed by atoms with E-state index in [0.29, 0.717) is 0 Å². The number of nitrogens with one attached hydrogen (secondary N) is 1. The number of imidazole rings is 1. The number of hydrogen-bond donors (Lipinski definition) is 1. The van der Waals surface area contributed by atoms with Crippen LogP contribution in [0.5, 0.6) is 0 Å². The second-order valence-electron chi connectivity index (χ2n) is 4.76. The first-order valence-electron chi connectivity index (χ1n) is 6.55. The topological polar surface area (TPSA) is 42.7 Å². The summed E-state index contributed by atoms with van der Waals surface area (Å²) in [7, 11) is 0. The zero-order valence-corrected chi connectivity index (χ0v) is 11.4. The molecule has 0 atom stereocenters. The lowest BCUT2D eigenvalue weighted by molar-refractivity contribution is 0.684. The van der Waals surface area contributed by atoms with Crippen LogP contribution < -0.4 is 5.32 Å². The fourth-order valence-corrected chi connectivity index (χ4v) is 2.85. The summed E-state index contributed by atoms with van der Waals surface area (Å²) in [6.07, 6.45) is 9.56. The minimum absolute atomic E-state index is 0.751. The summed E-state index contributed by atoms with van der Waals surface area (Å²) in [4.78, 5) is 10.0. The highest BCUT2D eigenvalue weighted by Gasteiger charge is 2.20. The summed E-state index contributed by atoms with van der Waals surface area (Å²) >= 11 is 1.77. The first kappa shape index (κ1) is 11.9. The Morgan fingerprint density at radius 1 is 1.44 bits per heavy atom. The molecule has 18 heavy (non-hydrogen) atoms. The Morgan fingerprint density at radius 3 is 3.11 bits per heavy atom. The van der Waals surface area contributed by atoms with Crippen LogP contribution in [-0.2, 0) is 13.1 Å². The molecule has 4 nitrogen and oxygen atoms in total. The van der Waals surface area contributed by atoms with Crippen LogP contribution in [0.4, 0.5) is 0 Å². The molecule has 2 aromatic rings. The van der Waals surface area contributed by atoms with E-state index in [0.717, 1.165) is 36.3 Å². The predicted molar refractivity (Wildman–Crippen MR) is 73.5 cm³/mol. The van der Waals surface area contributed by atoms with Gasteiger partial charge in [0, 0.05) is 30.2 Å². The van der Waals surface area contributed by atoms with Crippen LogP contribution in [0.15, 0.2) is 18.7 Å². The summed E-state index contributed by atoms with van der Waals surface area (Å²) in [5.41, 5.74) is 1.14. The van der Waals surface area contributed by atoms with E-state index in [1.54, 1.807) is 11.3 Å². The van der Waals surface area contributed by atoms with Crippen molar-refractivity contribution in [2.45, 2.75) is 45.3 Å². The maximum absolute atomic E-state index is 4.52. The van der Waals surface area contributed by atoms with Gasteiger partial charge in [-0.2, -0.15) is 0 Å². The Bertz CT molecular complexity index is 513. The third kappa shape index (κ3) is 2.62. The molecule has 3 rings (SSSR count). The van der Waals surface area contributed by atoms with Crippen LogP contribution in [0, 0.1) is 0 Å². The molecule has 0 amide bonds. The lowest BCUT2D eigenvalue weighted by Crippen LogP contribution is -2.14.